The van der Waals surface area contributed by atoms with Crippen LogP contribution in [0, 0.1) is 5.82 Å². The molecule has 0 amide bonds. The molecule has 0 aliphatic carbocycles. The quantitative estimate of drug-likeness (QED) is 0.419. The molecule has 0 saturated heterocycles. The Kier molecular flexibility index (Phi) is 8.83. The zero-order chi connectivity index (χ0) is 19.1. The van der Waals surface area contributed by atoms with Gasteiger partial charge in [0, 0.05) is 0 Å². The second-order valence-electron chi connectivity index (χ2n) is 4.08. The average Bonchev–Trinajstić information content (AvgIpc) is 2.60. The van der Waals surface area contributed by atoms with E-state index in [1.165, 1.54) is 35.1 Å². The van der Waals surface area contributed by atoms with E-state index in [4.69, 9.17) is 5.11 Å². The lowest BCUT2D eigenvalue weighted by Crippen LogP contribution is -2.21. The van der Waals surface area contributed by atoms with Crippen LogP contribution in [0.25, 0.3) is 5.69 Å². The van der Waals surface area contributed by atoms with Crippen molar-refractivity contribution in [1.29, 1.82) is 0 Å². The lowest BCUT2D eigenvalue weighted by molar-refractivity contribution is -0.131. The number of halogens is 5. The molecule has 0 unspecified atom stereocenters. The first-order chi connectivity index (χ1) is 11.7. The van der Waals surface area contributed by atoms with E-state index in [2.05, 4.69) is 68.8 Å². The van der Waals surface area contributed by atoms with Crippen molar-refractivity contribution < 1.29 is 19.1 Å². The maximum atomic E-state index is 12.7. The van der Waals surface area contributed by atoms with Gasteiger partial charge in [0.05, 0.1) is 20.8 Å². The molecular formula is C14H7Br4FN2O4. The Morgan fingerprint density at radius 3 is 2.20 bits per heavy atom. The van der Waals surface area contributed by atoms with Crippen LogP contribution in [-0.2, 0) is 9.59 Å². The molecular weight excluding hydrogens is 599 g/mol. The minimum absolute atomic E-state index is 0.00463. The van der Waals surface area contributed by atoms with Crippen LogP contribution in [0.4, 0.5) is 4.39 Å². The second-order valence-corrected chi connectivity index (χ2v) is 7.38. The normalized spacial score (nSPS) is 11.1. The maximum absolute atomic E-state index is 12.7. The van der Waals surface area contributed by atoms with E-state index in [1.54, 1.807) is 0 Å². The van der Waals surface area contributed by atoms with E-state index >= 15 is 0 Å². The van der Waals surface area contributed by atoms with Gasteiger partial charge < -0.3 is 5.11 Å². The summed E-state index contributed by atoms with van der Waals surface area (Å²) in [5, 5.41) is 12.1. The van der Waals surface area contributed by atoms with Crippen molar-refractivity contribution in [2.24, 2.45) is 0 Å². The van der Waals surface area contributed by atoms with E-state index in [-0.39, 0.29) is 20.3 Å². The van der Waals surface area contributed by atoms with Gasteiger partial charge in [-0.05, 0) is 88.0 Å². The average molecular weight is 606 g/mol. The first-order valence-electron chi connectivity index (χ1n) is 6.12. The smallest absolute Gasteiger partial charge is 0.344 e. The number of aldehydes is 1. The molecule has 1 N–H and O–H groups in total. The summed E-state index contributed by atoms with van der Waals surface area (Å²) in [7, 11) is 0. The minimum atomic E-state index is -1.17. The monoisotopic (exact) mass is 602 g/mol. The number of benzene rings is 1. The van der Waals surface area contributed by atoms with Crippen molar-refractivity contribution in [3.05, 3.63) is 64.5 Å². The first-order valence-corrected chi connectivity index (χ1v) is 9.29. The number of allylic oxidation sites excluding steroid dienone is 1. The number of carbonyl (C=O) groups excluding carboxylic acids is 1. The highest BCUT2D eigenvalue weighted by atomic mass is 79.9. The first kappa shape index (κ1) is 21.9. The predicted octanol–water partition coefficient (Wildman–Crippen LogP) is 4.17. The van der Waals surface area contributed by atoms with E-state index < -0.39 is 5.97 Å². The Bertz CT molecular complexity index is 881. The molecule has 1 aromatic carbocycles. The fourth-order valence-corrected chi connectivity index (χ4v) is 2.13. The van der Waals surface area contributed by atoms with Crippen molar-refractivity contribution in [1.82, 2.24) is 9.78 Å². The van der Waals surface area contributed by atoms with Crippen molar-refractivity contribution in [2.45, 2.75) is 0 Å². The highest BCUT2D eigenvalue weighted by molar-refractivity contribution is 9.14. The molecule has 0 saturated carbocycles. The van der Waals surface area contributed by atoms with Crippen LogP contribution < -0.4 is 5.56 Å². The molecule has 11 heteroatoms. The molecule has 0 radical (unpaired) electrons. The Morgan fingerprint density at radius 2 is 1.76 bits per heavy atom. The van der Waals surface area contributed by atoms with Crippen LogP contribution in [-0.4, -0.2) is 27.1 Å². The standard InChI is InChI=1S/C10H5Br2FN2O.C4H2Br2O3/c11-8-5-14-15(10(16)9(8)12)7-3-1-6(13)2-4-7;5-2(1-7)3(6)4(8)9/h1-5H;1H,(H,8,9)/b;3-2-. The van der Waals surface area contributed by atoms with E-state index in [0.29, 0.717) is 20.9 Å². The molecule has 6 nitrogen and oxygen atoms in total. The van der Waals surface area contributed by atoms with E-state index in [1.807, 2.05) is 0 Å². The third-order valence-corrected chi connectivity index (χ3v) is 6.23. The van der Waals surface area contributed by atoms with Crippen LogP contribution in [0.2, 0.25) is 0 Å². The molecule has 0 aliphatic heterocycles. The number of aliphatic carboxylic acids is 1. The number of carbonyl (C=O) groups is 2. The Labute approximate surface area is 174 Å². The predicted molar refractivity (Wildman–Crippen MR) is 104 cm³/mol. The molecule has 1 heterocycles. The van der Waals surface area contributed by atoms with Gasteiger partial charge in [-0.3, -0.25) is 9.59 Å². The summed E-state index contributed by atoms with van der Waals surface area (Å²) < 4.78 is 14.7. The number of rotatable bonds is 3. The number of aromatic nitrogens is 2. The maximum Gasteiger partial charge on any atom is 0.344 e. The van der Waals surface area contributed by atoms with Crippen LogP contribution in [0.15, 0.2) is 53.2 Å². The molecule has 0 aliphatic rings. The van der Waals surface area contributed by atoms with Crippen LogP contribution >= 0.6 is 63.7 Å². The third kappa shape index (κ3) is 6.24. The molecule has 1 aromatic heterocycles. The number of hydrogen-bond donors (Lipinski definition) is 1. The molecule has 25 heavy (non-hydrogen) atoms. The molecule has 132 valence electrons. The summed E-state index contributed by atoms with van der Waals surface area (Å²) in [5.74, 6) is -1.53. The summed E-state index contributed by atoms with van der Waals surface area (Å²) in [6, 6.07) is 5.53. The van der Waals surface area contributed by atoms with Gasteiger partial charge in [-0.15, -0.1) is 0 Å². The van der Waals surface area contributed by atoms with Gasteiger partial charge in [0.15, 0.2) is 6.29 Å². The van der Waals surface area contributed by atoms with Gasteiger partial charge in [-0.25, -0.2) is 9.18 Å². The summed E-state index contributed by atoms with van der Waals surface area (Å²) in [6.45, 7) is 0. The number of nitrogens with zero attached hydrogens (tertiary/aromatic N) is 2. The van der Waals surface area contributed by atoms with Gasteiger partial charge in [0.25, 0.3) is 5.56 Å². The zero-order valence-corrected chi connectivity index (χ0v) is 18.3. The second kappa shape index (κ2) is 10.1. The van der Waals surface area contributed by atoms with Crippen LogP contribution in [0.1, 0.15) is 0 Å². The SMILES string of the molecule is O=C/C(Br)=C(/Br)C(=O)O.O=c1c(Br)c(Br)cnn1-c1ccc(F)cc1. The molecule has 0 bridgehead atoms. The van der Waals surface area contributed by atoms with Gasteiger partial charge in [-0.1, -0.05) is 0 Å². The number of hydrogen-bond acceptors (Lipinski definition) is 4. The lowest BCUT2D eigenvalue weighted by Gasteiger charge is -2.05. The Balaban J connectivity index is 0.000000299. The Hall–Kier alpha value is -1.17. The molecule has 0 spiro atoms. The number of carboxylic acid groups (broad SMARTS) is 1. The highest BCUT2D eigenvalue weighted by Gasteiger charge is 2.08. The summed E-state index contributed by atoms with van der Waals surface area (Å²) in [6.07, 6.45) is 1.90. The van der Waals surface area contributed by atoms with E-state index in [9.17, 15) is 18.8 Å². The van der Waals surface area contributed by atoms with Crippen molar-refractivity contribution in [3.63, 3.8) is 0 Å². The molecule has 0 atom stereocenters. The van der Waals surface area contributed by atoms with Gasteiger partial charge >= 0.3 is 5.97 Å². The van der Waals surface area contributed by atoms with Crippen molar-refractivity contribution >= 4 is 76.0 Å². The molecule has 2 rings (SSSR count). The van der Waals surface area contributed by atoms with Gasteiger partial charge in [-0.2, -0.15) is 9.78 Å². The van der Waals surface area contributed by atoms with Crippen LogP contribution in [0.3, 0.4) is 0 Å². The van der Waals surface area contributed by atoms with Crippen molar-refractivity contribution in [3.8, 4) is 5.69 Å². The Morgan fingerprint density at radius 1 is 1.20 bits per heavy atom. The van der Waals surface area contributed by atoms with E-state index in [0.717, 1.165) is 0 Å². The lowest BCUT2D eigenvalue weighted by atomic mass is 10.3. The summed E-state index contributed by atoms with van der Waals surface area (Å²) in [5.41, 5.74) is 0.209. The minimum Gasteiger partial charge on any atom is -0.477 e. The topological polar surface area (TPSA) is 89.3 Å². The summed E-state index contributed by atoms with van der Waals surface area (Å²) >= 11 is 11.7. The van der Waals surface area contributed by atoms with Gasteiger partial charge in [0.1, 0.15) is 14.8 Å². The van der Waals surface area contributed by atoms with Crippen molar-refractivity contribution in [2.75, 3.05) is 0 Å². The fraction of sp³-hybridized carbons (Fsp3) is 0. The van der Waals surface area contributed by atoms with Crippen LogP contribution in [0.5, 0.6) is 0 Å². The number of carboxylic acids is 1. The largest absolute Gasteiger partial charge is 0.477 e. The molecule has 0 fully saturated rings. The zero-order valence-electron chi connectivity index (χ0n) is 11.9. The highest BCUT2D eigenvalue weighted by Crippen LogP contribution is 2.17. The fourth-order valence-electron chi connectivity index (χ4n) is 1.33. The van der Waals surface area contributed by atoms with Gasteiger partial charge in [0.2, 0.25) is 0 Å². The molecule has 2 aromatic rings. The summed E-state index contributed by atoms with van der Waals surface area (Å²) in [4.78, 5) is 31.7. The third-order valence-electron chi connectivity index (χ3n) is 2.45.